The number of carbonyl (C=O) groups is 1. The van der Waals surface area contributed by atoms with Crippen LogP contribution in [0.5, 0.6) is 0 Å². The summed E-state index contributed by atoms with van der Waals surface area (Å²) < 4.78 is 61.3. The molecule has 35 heavy (non-hydrogen) atoms. The molecule has 3 aromatic carbocycles. The average molecular weight is 507 g/mol. The fraction of sp³-hybridized carbons (Fsp3) is 0.269. The zero-order chi connectivity index (χ0) is 24.9. The van der Waals surface area contributed by atoms with Crippen LogP contribution >= 0.6 is 11.6 Å². The van der Waals surface area contributed by atoms with Crippen molar-refractivity contribution in [1.82, 2.24) is 9.80 Å². The molecule has 0 aromatic heterocycles. The Morgan fingerprint density at radius 2 is 1.54 bits per heavy atom. The van der Waals surface area contributed by atoms with Crippen LogP contribution in [0.25, 0.3) is 0 Å². The van der Waals surface area contributed by atoms with E-state index in [1.807, 2.05) is 0 Å². The molecule has 4 rings (SSSR count). The summed E-state index contributed by atoms with van der Waals surface area (Å²) >= 11 is 6.00. The van der Waals surface area contributed by atoms with E-state index < -0.39 is 35.3 Å². The van der Waals surface area contributed by atoms with Crippen molar-refractivity contribution < 1.29 is 27.1 Å². The monoisotopic (exact) mass is 506 g/mol. The third-order valence-corrected chi connectivity index (χ3v) is 6.23. The summed E-state index contributed by atoms with van der Waals surface area (Å²) in [6.45, 7) is 1.79. The van der Waals surface area contributed by atoms with Crippen LogP contribution in [0.3, 0.4) is 0 Å². The lowest BCUT2D eigenvalue weighted by Gasteiger charge is -2.36. The summed E-state index contributed by atoms with van der Waals surface area (Å²) in [5.41, 5.74) is 0.468. The predicted molar refractivity (Wildman–Crippen MR) is 124 cm³/mol. The molecule has 0 unspecified atom stereocenters. The van der Waals surface area contributed by atoms with Gasteiger partial charge in [0, 0.05) is 49.4 Å². The minimum absolute atomic E-state index is 0.150. The smallest absolute Gasteiger partial charge is 0.256 e. The Balaban J connectivity index is 1.42. The highest BCUT2D eigenvalue weighted by molar-refractivity contribution is 6.30. The second-order valence-corrected chi connectivity index (χ2v) is 8.70. The number of amides is 1. The van der Waals surface area contributed by atoms with Gasteiger partial charge in [0.05, 0.1) is 18.3 Å². The van der Waals surface area contributed by atoms with Gasteiger partial charge in [-0.2, -0.15) is 0 Å². The first kappa shape index (κ1) is 25.2. The summed E-state index contributed by atoms with van der Waals surface area (Å²) in [7, 11) is 0. The fourth-order valence-electron chi connectivity index (χ4n) is 3.99. The van der Waals surface area contributed by atoms with E-state index in [4.69, 9.17) is 16.3 Å². The van der Waals surface area contributed by atoms with Gasteiger partial charge < -0.3 is 9.64 Å². The lowest BCUT2D eigenvalue weighted by atomic mass is 10.1. The van der Waals surface area contributed by atoms with Crippen molar-refractivity contribution in [3.05, 3.63) is 106 Å². The van der Waals surface area contributed by atoms with Gasteiger partial charge in [0.1, 0.15) is 23.3 Å². The summed E-state index contributed by atoms with van der Waals surface area (Å²) in [4.78, 5) is 16.2. The van der Waals surface area contributed by atoms with Gasteiger partial charge in [0.15, 0.2) is 0 Å². The predicted octanol–water partition coefficient (Wildman–Crippen LogP) is 5.61. The second-order valence-electron chi connectivity index (χ2n) is 8.27. The topological polar surface area (TPSA) is 32.8 Å². The van der Waals surface area contributed by atoms with Gasteiger partial charge in [-0.25, -0.2) is 17.6 Å². The third kappa shape index (κ3) is 6.20. The first-order valence-electron chi connectivity index (χ1n) is 11.1. The average Bonchev–Trinajstić information content (AvgIpc) is 2.83. The van der Waals surface area contributed by atoms with E-state index in [1.165, 1.54) is 23.1 Å². The fourth-order valence-corrected chi connectivity index (χ4v) is 4.11. The first-order valence-corrected chi connectivity index (χ1v) is 11.5. The molecule has 0 radical (unpaired) electrons. The highest BCUT2D eigenvalue weighted by Gasteiger charge is 2.26. The number of rotatable bonds is 7. The van der Waals surface area contributed by atoms with E-state index in [9.17, 15) is 22.4 Å². The van der Waals surface area contributed by atoms with E-state index in [1.54, 1.807) is 24.3 Å². The highest BCUT2D eigenvalue weighted by atomic mass is 35.5. The third-order valence-electron chi connectivity index (χ3n) is 5.98. The molecule has 3 aromatic rings. The molecule has 1 heterocycles. The molecule has 1 aliphatic rings. The van der Waals surface area contributed by atoms with Gasteiger partial charge in [-0.3, -0.25) is 9.69 Å². The van der Waals surface area contributed by atoms with Crippen molar-refractivity contribution >= 4 is 17.5 Å². The minimum Gasteiger partial charge on any atom is -0.367 e. The van der Waals surface area contributed by atoms with Crippen LogP contribution in [0.4, 0.5) is 17.6 Å². The van der Waals surface area contributed by atoms with Crippen LogP contribution in [0.15, 0.2) is 60.7 Å². The van der Waals surface area contributed by atoms with Crippen LogP contribution in [-0.4, -0.2) is 48.4 Å². The Morgan fingerprint density at radius 3 is 2.17 bits per heavy atom. The standard InChI is InChI=1S/C26H23ClF4N2O2/c27-18-6-4-17(5-7-18)25(35-16-21-22(29)2-1-3-23(21)30)15-32-10-12-33(13-11-32)26(34)20-9-8-19(28)14-24(20)31/h1-9,14,25H,10-13,15-16H2/t25-/m1/s1. The molecule has 0 aliphatic carbocycles. The molecule has 9 heteroatoms. The molecular weight excluding hydrogens is 484 g/mol. The molecule has 0 spiro atoms. The van der Waals surface area contributed by atoms with E-state index in [-0.39, 0.29) is 17.7 Å². The van der Waals surface area contributed by atoms with Crippen molar-refractivity contribution in [2.75, 3.05) is 32.7 Å². The second kappa shape index (κ2) is 11.2. The first-order chi connectivity index (χ1) is 16.8. The Labute approximate surface area is 205 Å². The summed E-state index contributed by atoms with van der Waals surface area (Å²) in [6, 6.07) is 13.6. The maximum atomic E-state index is 14.1. The number of hydrogen-bond donors (Lipinski definition) is 0. The van der Waals surface area contributed by atoms with E-state index in [0.29, 0.717) is 43.8 Å². The Bertz CT molecular complexity index is 1160. The molecule has 1 amide bonds. The number of ether oxygens (including phenoxy) is 1. The molecule has 0 saturated carbocycles. The lowest BCUT2D eigenvalue weighted by Crippen LogP contribution is -2.49. The number of halogens is 5. The van der Waals surface area contributed by atoms with Crippen LogP contribution < -0.4 is 0 Å². The van der Waals surface area contributed by atoms with E-state index in [0.717, 1.165) is 17.7 Å². The van der Waals surface area contributed by atoms with Gasteiger partial charge in [-0.1, -0.05) is 29.8 Å². The molecule has 184 valence electrons. The maximum Gasteiger partial charge on any atom is 0.256 e. The number of benzene rings is 3. The normalized spacial score (nSPS) is 15.3. The van der Waals surface area contributed by atoms with Gasteiger partial charge >= 0.3 is 0 Å². The zero-order valence-corrected chi connectivity index (χ0v) is 19.5. The van der Waals surface area contributed by atoms with E-state index in [2.05, 4.69) is 4.90 Å². The van der Waals surface area contributed by atoms with Crippen LogP contribution in [0.2, 0.25) is 5.02 Å². The molecular formula is C26H23ClF4N2O2. The highest BCUT2D eigenvalue weighted by Crippen LogP contribution is 2.25. The van der Waals surface area contributed by atoms with Crippen molar-refractivity contribution in [3.8, 4) is 0 Å². The quantitative estimate of drug-likeness (QED) is 0.390. The molecule has 4 nitrogen and oxygen atoms in total. The Kier molecular flexibility index (Phi) is 8.05. The number of carbonyl (C=O) groups excluding carboxylic acids is 1. The number of piperazine rings is 1. The molecule has 0 bridgehead atoms. The zero-order valence-electron chi connectivity index (χ0n) is 18.7. The summed E-state index contributed by atoms with van der Waals surface area (Å²) in [5, 5.41) is 0.549. The van der Waals surface area contributed by atoms with Gasteiger partial charge in [-0.05, 0) is 42.0 Å². The SMILES string of the molecule is O=C(c1ccc(F)cc1F)N1CCN(C[C@@H](OCc2c(F)cccc2F)c2ccc(Cl)cc2)CC1. The van der Waals surface area contributed by atoms with Crippen molar-refractivity contribution in [2.24, 2.45) is 0 Å². The summed E-state index contributed by atoms with van der Waals surface area (Å²) in [6.07, 6.45) is -0.511. The van der Waals surface area contributed by atoms with Crippen LogP contribution in [0, 0.1) is 23.3 Å². The lowest BCUT2D eigenvalue weighted by molar-refractivity contribution is 0.00141. The summed E-state index contributed by atoms with van der Waals surface area (Å²) in [5.74, 6) is -3.50. The minimum atomic E-state index is -0.894. The maximum absolute atomic E-state index is 14.1. The largest absolute Gasteiger partial charge is 0.367 e. The number of hydrogen-bond acceptors (Lipinski definition) is 3. The van der Waals surface area contributed by atoms with Crippen molar-refractivity contribution in [3.63, 3.8) is 0 Å². The van der Waals surface area contributed by atoms with Crippen LogP contribution in [0.1, 0.15) is 27.6 Å². The molecule has 1 aliphatic heterocycles. The van der Waals surface area contributed by atoms with Gasteiger partial charge in [-0.15, -0.1) is 0 Å². The number of nitrogens with zero attached hydrogens (tertiary/aromatic N) is 2. The Morgan fingerprint density at radius 1 is 0.886 bits per heavy atom. The molecule has 0 N–H and O–H groups in total. The molecule has 1 atom stereocenters. The Hall–Kier alpha value is -2.94. The van der Waals surface area contributed by atoms with Crippen molar-refractivity contribution in [2.45, 2.75) is 12.7 Å². The van der Waals surface area contributed by atoms with Crippen molar-refractivity contribution in [1.29, 1.82) is 0 Å². The van der Waals surface area contributed by atoms with Crippen LogP contribution in [-0.2, 0) is 11.3 Å². The molecule has 1 saturated heterocycles. The van der Waals surface area contributed by atoms with E-state index >= 15 is 0 Å². The molecule has 1 fully saturated rings. The van der Waals surface area contributed by atoms with Gasteiger partial charge in [0.25, 0.3) is 5.91 Å². The van der Waals surface area contributed by atoms with Gasteiger partial charge in [0.2, 0.25) is 0 Å².